The quantitative estimate of drug-likeness (QED) is 0.238. The maximum absolute atomic E-state index is 5.21. The van der Waals surface area contributed by atoms with Crippen LogP contribution in [-0.2, 0) is 14.1 Å². The maximum atomic E-state index is 4.92. The summed E-state index contributed by atoms with van der Waals surface area (Å²) in [5.41, 5.74) is 0. The molecule has 0 bridgehead atoms. The Morgan fingerprint density at radius 3 is 0.625 bits per heavy atom. The van der Waals surface area contributed by atoms with Crippen molar-refractivity contribution in [1.29, 1.82) is 0 Å². The van der Waals surface area contributed by atoms with E-state index in [0.717, 1.165) is 0 Å². The summed E-state index contributed by atoms with van der Waals surface area (Å²) in [7, 11) is 0. The summed E-state index contributed by atoms with van der Waals surface area (Å²) in [4.78, 5) is 0. The van der Waals surface area contributed by atoms with E-state index in [9.17, 15) is 0 Å². The van der Waals surface area contributed by atoms with Gasteiger partial charge < -0.3 is 0 Å². The molecular weight excluding hydrogens is 401 g/mol. The van der Waals surface area contributed by atoms with E-state index in [1.54, 1.807) is 0 Å². The third-order valence-electron chi connectivity index (χ3n) is 0. The molecule has 0 aromatic heterocycles. The van der Waals surface area contributed by atoms with Gasteiger partial charge in [0.05, 0.1) is 0 Å². The molecule has 0 heterocycles. The summed E-state index contributed by atoms with van der Waals surface area (Å²) < 4.78 is 29.5. The fourth-order valence-electron chi connectivity index (χ4n) is 0. The van der Waals surface area contributed by atoms with Gasteiger partial charge in [0.15, 0.2) is 0 Å². The van der Waals surface area contributed by atoms with Crippen LogP contribution < -0.4 is 26.6 Å². The molecule has 0 saturated heterocycles. The summed E-state index contributed by atoms with van der Waals surface area (Å²) in [5.74, 6) is 0. The zero-order valence-electron chi connectivity index (χ0n) is 4.20. The summed E-state index contributed by atoms with van der Waals surface area (Å²) in [6, 6.07) is 0. The van der Waals surface area contributed by atoms with Gasteiger partial charge in [0.25, 0.3) is 0 Å². The fraction of sp³-hybridized carbons (Fsp3) is 0. The molecule has 1 radical (unpaired) electrons. The minimum absolute atomic E-state index is 0. The van der Waals surface area contributed by atoms with Crippen molar-refractivity contribution < 1.29 is 14.1 Å². The van der Waals surface area contributed by atoms with E-state index < -0.39 is 14.1 Å². The summed E-state index contributed by atoms with van der Waals surface area (Å²) in [6.45, 7) is 0. The fourth-order valence-corrected chi connectivity index (χ4v) is 0. The predicted molar refractivity (Wildman–Crippen MR) is 39.1 cm³/mol. The molecule has 0 amide bonds. The summed E-state index contributed by atoms with van der Waals surface area (Å²) in [5, 5.41) is 0. The Morgan fingerprint density at radius 2 is 0.625 bits per heavy atom. The van der Waals surface area contributed by atoms with Crippen LogP contribution in [0.4, 0.5) is 0 Å². The minimum atomic E-state index is -5.21. The Balaban J connectivity index is 0. The zero-order chi connectivity index (χ0) is 6.41. The average Bonchev–Trinajstić information content (AvgIpc) is 0.592. The van der Waals surface area contributed by atoms with Crippen LogP contribution in [-0.4, -0.2) is 0 Å². The van der Waals surface area contributed by atoms with Crippen LogP contribution in [0.5, 0.6) is 0 Å². The van der Waals surface area contributed by atoms with Gasteiger partial charge in [-0.15, -0.1) is 0 Å². The zero-order valence-corrected chi connectivity index (χ0v) is 8.89. The van der Waals surface area contributed by atoms with Crippen LogP contribution in [0, 0.1) is 0 Å². The molecular formula is H12IN6Os. The van der Waals surface area contributed by atoms with Crippen LogP contribution in [0.3, 0.4) is 0 Å². The van der Waals surface area contributed by atoms with Gasteiger partial charge in [-0.3, -0.25) is 0 Å². The molecule has 0 aliphatic heterocycles. The molecule has 12 N–H and O–H groups in total. The molecule has 0 aliphatic carbocycles. The Bertz CT molecular complexity index is 67.1. The van der Waals surface area contributed by atoms with Crippen molar-refractivity contribution in [2.75, 3.05) is 0 Å². The van der Waals surface area contributed by atoms with E-state index in [2.05, 4.69) is 0 Å². The molecule has 57 valence electrons. The van der Waals surface area contributed by atoms with E-state index >= 15 is 0 Å². The molecule has 0 atom stereocenters. The molecule has 0 fully saturated rings. The van der Waals surface area contributed by atoms with E-state index in [0.29, 0.717) is 0 Å². The van der Waals surface area contributed by atoms with Gasteiger partial charge in [-0.2, -0.15) is 0 Å². The number of nitrogens with two attached hydrogens (primary N) is 6. The first-order chi connectivity index (χ1) is 2.45. The molecule has 0 spiro atoms. The third kappa shape index (κ3) is 211. The first-order valence-electron chi connectivity index (χ1n) is 1.22. The Kier molecular flexibility index (Phi) is 2.35. The third-order valence-corrected chi connectivity index (χ3v) is 0. The van der Waals surface area contributed by atoms with Gasteiger partial charge in [0.2, 0.25) is 0 Å². The van der Waals surface area contributed by atoms with Crippen molar-refractivity contribution in [3.63, 3.8) is 0 Å². The van der Waals surface area contributed by atoms with Crippen molar-refractivity contribution in [2.24, 2.45) is 26.6 Å². The second-order valence-corrected chi connectivity index (χ2v) is 14.5. The van der Waals surface area contributed by atoms with Crippen molar-refractivity contribution in [3.8, 4) is 0 Å². The van der Waals surface area contributed by atoms with Gasteiger partial charge in [0.1, 0.15) is 0 Å². The summed E-state index contributed by atoms with van der Waals surface area (Å²) in [6.07, 6.45) is 0. The van der Waals surface area contributed by atoms with Crippen LogP contribution in [0.15, 0.2) is 0 Å². The molecule has 6 nitrogen and oxygen atoms in total. The molecule has 8 heteroatoms. The van der Waals surface area contributed by atoms with Crippen molar-refractivity contribution >= 4 is 24.0 Å². The van der Waals surface area contributed by atoms with Crippen LogP contribution >= 0.6 is 24.0 Å². The molecule has 0 unspecified atom stereocenters. The SMILES string of the molecule is [I].[NH2][Os]([NH2])([NH2])([NH2])([NH2])[NH2]. The van der Waals surface area contributed by atoms with Crippen molar-refractivity contribution in [1.82, 2.24) is 0 Å². The monoisotopic (exact) mass is 415 g/mol. The van der Waals surface area contributed by atoms with Crippen molar-refractivity contribution in [3.05, 3.63) is 0 Å². The van der Waals surface area contributed by atoms with Crippen LogP contribution in [0.25, 0.3) is 0 Å². The molecule has 8 heavy (non-hydrogen) atoms. The number of hydrogen-bond acceptors (Lipinski definition) is 6. The van der Waals surface area contributed by atoms with Gasteiger partial charge in [0, 0.05) is 24.0 Å². The van der Waals surface area contributed by atoms with E-state index in [1.165, 1.54) is 0 Å². The number of hydrogen-bond donors (Lipinski definition) is 6. The second kappa shape index (κ2) is 1.59. The molecule has 0 aromatic carbocycles. The van der Waals surface area contributed by atoms with E-state index in [4.69, 9.17) is 26.6 Å². The number of rotatable bonds is 0. The van der Waals surface area contributed by atoms with Crippen LogP contribution in [0.1, 0.15) is 0 Å². The van der Waals surface area contributed by atoms with E-state index in [-0.39, 0.29) is 24.0 Å². The first kappa shape index (κ1) is 11.9. The molecule has 0 rings (SSSR count). The topological polar surface area (TPSA) is 156 Å². The Labute approximate surface area is 64.5 Å². The van der Waals surface area contributed by atoms with Crippen LogP contribution in [0.2, 0.25) is 0 Å². The number of halogens is 1. The van der Waals surface area contributed by atoms with Crippen molar-refractivity contribution in [2.45, 2.75) is 0 Å². The Morgan fingerprint density at radius 1 is 0.625 bits per heavy atom. The Hall–Kier alpha value is 1.13. The van der Waals surface area contributed by atoms with Gasteiger partial charge in [-0.05, 0) is 0 Å². The van der Waals surface area contributed by atoms with E-state index in [1.807, 2.05) is 0 Å². The molecule has 0 saturated carbocycles. The normalized spacial score (nSPS) is 20.2. The van der Waals surface area contributed by atoms with Gasteiger partial charge >= 0.3 is 40.7 Å². The second-order valence-electron chi connectivity index (χ2n) is 1.77. The molecule has 0 aromatic rings. The van der Waals surface area contributed by atoms with Gasteiger partial charge in [-0.1, -0.05) is 0 Å². The van der Waals surface area contributed by atoms with Gasteiger partial charge in [-0.25, -0.2) is 0 Å². The molecule has 0 aliphatic rings. The first-order valence-corrected chi connectivity index (χ1v) is 10.0. The average molecular weight is 413 g/mol. The standard InChI is InChI=1S/I.6H2N.Os/h;6*1H2;/q;6*-1;+6. The summed E-state index contributed by atoms with van der Waals surface area (Å²) >= 11 is -5.21. The predicted octanol–water partition coefficient (Wildman–Crippen LogP) is -2.66.